The Balaban J connectivity index is 2.15. The summed E-state index contributed by atoms with van der Waals surface area (Å²) in [6.45, 7) is 3.70. The second-order valence-corrected chi connectivity index (χ2v) is 5.36. The van der Waals surface area contributed by atoms with Crippen molar-refractivity contribution >= 4 is 5.91 Å². The zero-order valence-electron chi connectivity index (χ0n) is 11.4. The van der Waals surface area contributed by atoms with Crippen LogP contribution in [0, 0.1) is 0 Å². The summed E-state index contributed by atoms with van der Waals surface area (Å²) >= 11 is 0. The van der Waals surface area contributed by atoms with Crippen molar-refractivity contribution in [1.29, 1.82) is 0 Å². The van der Waals surface area contributed by atoms with Gasteiger partial charge in [0, 0.05) is 18.3 Å². The number of rotatable bonds is 3. The van der Waals surface area contributed by atoms with Gasteiger partial charge in [-0.1, -0.05) is 6.92 Å². The first-order valence-corrected chi connectivity index (χ1v) is 6.56. The molecule has 1 aromatic rings. The number of hydrogen-bond donors (Lipinski definition) is 2. The molecule has 1 amide bonds. The number of aryl methyl sites for hydroxylation is 1. The Morgan fingerprint density at radius 2 is 2.44 bits per heavy atom. The third-order valence-electron chi connectivity index (χ3n) is 3.93. The van der Waals surface area contributed by atoms with Crippen molar-refractivity contribution in [3.05, 3.63) is 17.5 Å². The molecule has 0 aromatic carbocycles. The first-order chi connectivity index (χ1) is 8.45. The molecular weight excluding hydrogens is 228 g/mol. The van der Waals surface area contributed by atoms with Crippen LogP contribution in [0.3, 0.4) is 0 Å². The number of carbonyl (C=O) groups excluding carboxylic acids is 1. The summed E-state index contributed by atoms with van der Waals surface area (Å²) in [5, 5.41) is 7.33. The molecule has 0 bridgehead atoms. The number of amides is 1. The van der Waals surface area contributed by atoms with Gasteiger partial charge in [-0.25, -0.2) is 0 Å². The predicted molar refractivity (Wildman–Crippen MR) is 69.9 cm³/mol. The van der Waals surface area contributed by atoms with Crippen LogP contribution in [0.25, 0.3) is 0 Å². The second kappa shape index (κ2) is 4.72. The van der Waals surface area contributed by atoms with E-state index in [0.29, 0.717) is 6.42 Å². The Labute approximate surface area is 108 Å². The molecule has 5 heteroatoms. The van der Waals surface area contributed by atoms with E-state index in [9.17, 15) is 4.79 Å². The summed E-state index contributed by atoms with van der Waals surface area (Å²) < 4.78 is 1.90. The van der Waals surface area contributed by atoms with Crippen LogP contribution >= 0.6 is 0 Å². The Hall–Kier alpha value is -1.36. The summed E-state index contributed by atoms with van der Waals surface area (Å²) in [6.07, 6.45) is 5.56. The van der Waals surface area contributed by atoms with Gasteiger partial charge in [0.05, 0.1) is 17.8 Å². The maximum absolute atomic E-state index is 12.1. The average molecular weight is 250 g/mol. The Bertz CT molecular complexity index is 450. The molecule has 0 saturated carbocycles. The summed E-state index contributed by atoms with van der Waals surface area (Å²) in [5.41, 5.74) is 7.54. The maximum Gasteiger partial charge on any atom is 0.240 e. The highest BCUT2D eigenvalue weighted by molar-refractivity contribution is 5.85. The zero-order valence-corrected chi connectivity index (χ0v) is 11.4. The normalized spacial score (nSPS) is 22.1. The smallest absolute Gasteiger partial charge is 0.240 e. The number of hydrogen-bond acceptors (Lipinski definition) is 3. The Morgan fingerprint density at radius 1 is 1.72 bits per heavy atom. The fraction of sp³-hybridized carbons (Fsp3) is 0.692. The van der Waals surface area contributed by atoms with Crippen LogP contribution in [-0.2, 0) is 18.3 Å². The van der Waals surface area contributed by atoms with Crippen molar-refractivity contribution in [2.45, 2.75) is 51.1 Å². The van der Waals surface area contributed by atoms with E-state index in [4.69, 9.17) is 5.73 Å². The van der Waals surface area contributed by atoms with Gasteiger partial charge in [0.25, 0.3) is 0 Å². The van der Waals surface area contributed by atoms with Crippen LogP contribution < -0.4 is 11.1 Å². The lowest BCUT2D eigenvalue weighted by Gasteiger charge is -2.28. The SMILES string of the molecule is CCC(C)(N)C(=O)NC1CCCc2c1cnn2C. The molecule has 3 N–H and O–H groups in total. The number of nitrogens with two attached hydrogens (primary N) is 1. The number of carbonyl (C=O) groups is 1. The highest BCUT2D eigenvalue weighted by Gasteiger charge is 2.31. The topological polar surface area (TPSA) is 72.9 Å². The summed E-state index contributed by atoms with van der Waals surface area (Å²) in [4.78, 5) is 12.1. The molecule has 1 heterocycles. The summed E-state index contributed by atoms with van der Waals surface area (Å²) in [6, 6.07) is 0.0596. The molecule has 0 fully saturated rings. The van der Waals surface area contributed by atoms with Gasteiger partial charge in [-0.3, -0.25) is 9.48 Å². The molecule has 1 aromatic heterocycles. The van der Waals surface area contributed by atoms with Crippen LogP contribution in [0.4, 0.5) is 0 Å². The van der Waals surface area contributed by atoms with E-state index in [-0.39, 0.29) is 11.9 Å². The lowest BCUT2D eigenvalue weighted by atomic mass is 9.91. The van der Waals surface area contributed by atoms with Crippen molar-refractivity contribution in [1.82, 2.24) is 15.1 Å². The molecule has 5 nitrogen and oxygen atoms in total. The first kappa shape index (κ1) is 13.1. The lowest BCUT2D eigenvalue weighted by molar-refractivity contribution is -0.126. The van der Waals surface area contributed by atoms with E-state index in [1.165, 1.54) is 5.69 Å². The third-order valence-corrected chi connectivity index (χ3v) is 3.93. The van der Waals surface area contributed by atoms with Crippen molar-refractivity contribution in [2.75, 3.05) is 0 Å². The van der Waals surface area contributed by atoms with Gasteiger partial charge in [0.1, 0.15) is 0 Å². The molecule has 18 heavy (non-hydrogen) atoms. The summed E-state index contributed by atoms with van der Waals surface area (Å²) in [5.74, 6) is -0.0771. The predicted octanol–water partition coefficient (Wildman–Crippen LogP) is 1.04. The first-order valence-electron chi connectivity index (χ1n) is 6.56. The molecular formula is C13H22N4O. The van der Waals surface area contributed by atoms with Crippen LogP contribution in [0.1, 0.15) is 50.4 Å². The Kier molecular flexibility index (Phi) is 3.43. The zero-order chi connectivity index (χ0) is 13.3. The Morgan fingerprint density at radius 3 is 3.11 bits per heavy atom. The molecule has 0 radical (unpaired) electrons. The van der Waals surface area contributed by atoms with Crippen molar-refractivity contribution in [3.63, 3.8) is 0 Å². The minimum Gasteiger partial charge on any atom is -0.348 e. The van der Waals surface area contributed by atoms with E-state index in [2.05, 4.69) is 10.4 Å². The number of aromatic nitrogens is 2. The number of fused-ring (bicyclic) bond motifs is 1. The van der Waals surface area contributed by atoms with E-state index in [0.717, 1.165) is 24.8 Å². The lowest BCUT2D eigenvalue weighted by Crippen LogP contribution is -2.52. The fourth-order valence-electron chi connectivity index (χ4n) is 2.34. The van der Waals surface area contributed by atoms with Gasteiger partial charge in [-0.05, 0) is 32.6 Å². The average Bonchev–Trinajstić information content (AvgIpc) is 2.72. The van der Waals surface area contributed by atoms with Gasteiger partial charge in [-0.15, -0.1) is 0 Å². The van der Waals surface area contributed by atoms with Crippen LogP contribution in [0.15, 0.2) is 6.20 Å². The molecule has 1 aliphatic carbocycles. The molecule has 1 aliphatic rings. The molecule has 100 valence electrons. The number of nitrogens with one attached hydrogen (secondary N) is 1. The van der Waals surface area contributed by atoms with Crippen LogP contribution in [0.5, 0.6) is 0 Å². The minimum absolute atomic E-state index is 0.0596. The van der Waals surface area contributed by atoms with Gasteiger partial charge >= 0.3 is 0 Å². The van der Waals surface area contributed by atoms with Crippen LogP contribution in [-0.4, -0.2) is 21.2 Å². The summed E-state index contributed by atoms with van der Waals surface area (Å²) in [7, 11) is 1.95. The quantitative estimate of drug-likeness (QED) is 0.842. The minimum atomic E-state index is -0.792. The molecule has 2 atom stereocenters. The highest BCUT2D eigenvalue weighted by atomic mass is 16.2. The van der Waals surface area contributed by atoms with Gasteiger partial charge < -0.3 is 11.1 Å². The monoisotopic (exact) mass is 250 g/mol. The molecule has 2 rings (SSSR count). The maximum atomic E-state index is 12.1. The van der Waals surface area contributed by atoms with Gasteiger partial charge in [-0.2, -0.15) is 5.10 Å². The van der Waals surface area contributed by atoms with Crippen molar-refractivity contribution in [2.24, 2.45) is 12.8 Å². The standard InChI is InChI=1S/C13H22N4O/c1-4-13(2,14)12(18)16-10-6-5-7-11-9(10)8-15-17(11)3/h8,10H,4-7,14H2,1-3H3,(H,16,18). The van der Waals surface area contributed by atoms with E-state index in [1.807, 2.05) is 24.9 Å². The molecule has 0 spiro atoms. The van der Waals surface area contributed by atoms with Crippen molar-refractivity contribution < 1.29 is 4.79 Å². The largest absolute Gasteiger partial charge is 0.348 e. The molecule has 0 saturated heterocycles. The molecule has 2 unspecified atom stereocenters. The highest BCUT2D eigenvalue weighted by Crippen LogP contribution is 2.29. The van der Waals surface area contributed by atoms with E-state index >= 15 is 0 Å². The van der Waals surface area contributed by atoms with E-state index in [1.54, 1.807) is 6.92 Å². The molecule has 0 aliphatic heterocycles. The van der Waals surface area contributed by atoms with Crippen molar-refractivity contribution in [3.8, 4) is 0 Å². The fourth-order valence-corrected chi connectivity index (χ4v) is 2.34. The van der Waals surface area contributed by atoms with Gasteiger partial charge in [0.15, 0.2) is 0 Å². The van der Waals surface area contributed by atoms with Crippen LogP contribution in [0.2, 0.25) is 0 Å². The van der Waals surface area contributed by atoms with Gasteiger partial charge in [0.2, 0.25) is 5.91 Å². The van der Waals surface area contributed by atoms with E-state index < -0.39 is 5.54 Å². The second-order valence-electron chi connectivity index (χ2n) is 5.36. The number of nitrogens with zero attached hydrogens (tertiary/aromatic N) is 2. The third kappa shape index (κ3) is 2.27.